The Hall–Kier alpha value is -1.45. The molecule has 0 N–H and O–H groups in total. The maximum Gasteiger partial charge on any atom is 0.170 e. The molecule has 1 aliphatic rings. The van der Waals surface area contributed by atoms with Crippen LogP contribution in [0.3, 0.4) is 0 Å². The number of hydrogen-bond acceptors (Lipinski definition) is 3. The molecular formula is C14H16O3. The fourth-order valence-corrected chi connectivity index (χ4v) is 2.05. The maximum absolute atomic E-state index is 10.5. The van der Waals surface area contributed by atoms with E-state index in [0.29, 0.717) is 13.2 Å². The van der Waals surface area contributed by atoms with E-state index in [2.05, 4.69) is 0 Å². The number of allylic oxidation sites excluding steroid dienone is 1. The number of ether oxygens (including phenoxy) is 2. The van der Waals surface area contributed by atoms with Crippen LogP contribution < -0.4 is 0 Å². The lowest BCUT2D eigenvalue weighted by Gasteiger charge is -2.31. The van der Waals surface area contributed by atoms with E-state index < -0.39 is 5.41 Å². The minimum absolute atomic E-state index is 0.332. The van der Waals surface area contributed by atoms with E-state index in [4.69, 9.17) is 9.47 Å². The average Bonchev–Trinajstić information content (AvgIpc) is 2.91. The highest BCUT2D eigenvalue weighted by Crippen LogP contribution is 2.33. The van der Waals surface area contributed by atoms with Crippen molar-refractivity contribution in [2.45, 2.75) is 18.6 Å². The second-order valence-electron chi connectivity index (χ2n) is 4.22. The van der Waals surface area contributed by atoms with Crippen LogP contribution in [0.2, 0.25) is 0 Å². The van der Waals surface area contributed by atoms with Crippen LogP contribution in [0.4, 0.5) is 0 Å². The number of carbonyl (C=O) groups is 1. The summed E-state index contributed by atoms with van der Waals surface area (Å²) in [4.78, 5) is 10.5. The maximum atomic E-state index is 10.5. The lowest BCUT2D eigenvalue weighted by molar-refractivity contribution is -0.104. The van der Waals surface area contributed by atoms with Crippen molar-refractivity contribution < 1.29 is 14.3 Å². The van der Waals surface area contributed by atoms with Gasteiger partial charge in [-0.15, -0.1) is 0 Å². The smallest absolute Gasteiger partial charge is 0.170 e. The van der Waals surface area contributed by atoms with Crippen molar-refractivity contribution in [3.8, 4) is 0 Å². The Bertz CT molecular complexity index is 393. The molecule has 1 atom stereocenters. The summed E-state index contributed by atoms with van der Waals surface area (Å²) < 4.78 is 11.2. The fourth-order valence-electron chi connectivity index (χ4n) is 2.05. The van der Waals surface area contributed by atoms with Crippen molar-refractivity contribution >= 4 is 6.29 Å². The molecule has 0 aromatic heterocycles. The van der Waals surface area contributed by atoms with Gasteiger partial charge in [0.1, 0.15) is 6.29 Å². The molecule has 1 unspecified atom stereocenters. The van der Waals surface area contributed by atoms with Crippen molar-refractivity contribution in [1.29, 1.82) is 0 Å². The molecule has 1 fully saturated rings. The van der Waals surface area contributed by atoms with E-state index in [0.717, 1.165) is 11.8 Å². The van der Waals surface area contributed by atoms with Gasteiger partial charge in [-0.25, -0.2) is 0 Å². The molecule has 0 radical (unpaired) electrons. The lowest BCUT2D eigenvalue weighted by atomic mass is 9.81. The standard InChI is InChI=1S/C14H16O3/c1-14(8-5-9-15,13-16-10-11-17-13)12-6-3-2-4-7-12/h2-9,13H,10-11H2,1H3/b8-5+. The molecule has 1 aliphatic heterocycles. The van der Waals surface area contributed by atoms with E-state index in [1.165, 1.54) is 6.08 Å². The Balaban J connectivity index is 2.35. The monoisotopic (exact) mass is 232 g/mol. The molecule has 1 aromatic rings. The summed E-state index contributed by atoms with van der Waals surface area (Å²) in [6, 6.07) is 9.93. The number of benzene rings is 1. The van der Waals surface area contributed by atoms with Crippen LogP contribution in [0.25, 0.3) is 0 Å². The van der Waals surface area contributed by atoms with E-state index in [-0.39, 0.29) is 6.29 Å². The number of hydrogen-bond donors (Lipinski definition) is 0. The number of carbonyl (C=O) groups excluding carboxylic acids is 1. The fraction of sp³-hybridized carbons (Fsp3) is 0.357. The second kappa shape index (κ2) is 5.25. The van der Waals surface area contributed by atoms with Gasteiger partial charge in [0.25, 0.3) is 0 Å². The summed E-state index contributed by atoms with van der Waals surface area (Å²) in [5.74, 6) is 0. The SMILES string of the molecule is CC(/C=C/C=O)(c1ccccc1)C1OCCO1. The van der Waals surface area contributed by atoms with E-state index in [1.807, 2.05) is 43.3 Å². The van der Waals surface area contributed by atoms with Gasteiger partial charge in [-0.05, 0) is 18.6 Å². The Kier molecular flexibility index (Phi) is 3.71. The summed E-state index contributed by atoms with van der Waals surface area (Å²) in [6.07, 6.45) is 3.78. The molecule has 0 saturated carbocycles. The van der Waals surface area contributed by atoms with E-state index in [1.54, 1.807) is 0 Å². The topological polar surface area (TPSA) is 35.5 Å². The van der Waals surface area contributed by atoms with Crippen LogP contribution in [-0.2, 0) is 19.7 Å². The van der Waals surface area contributed by atoms with Crippen LogP contribution in [0.1, 0.15) is 12.5 Å². The second-order valence-corrected chi connectivity index (χ2v) is 4.22. The van der Waals surface area contributed by atoms with Crippen molar-refractivity contribution in [1.82, 2.24) is 0 Å². The van der Waals surface area contributed by atoms with Crippen LogP contribution in [0, 0.1) is 0 Å². The van der Waals surface area contributed by atoms with Gasteiger partial charge in [0.15, 0.2) is 6.29 Å². The first-order valence-electron chi connectivity index (χ1n) is 5.69. The molecule has 3 heteroatoms. The molecule has 3 nitrogen and oxygen atoms in total. The van der Waals surface area contributed by atoms with Gasteiger partial charge >= 0.3 is 0 Å². The molecule has 0 bridgehead atoms. The largest absolute Gasteiger partial charge is 0.349 e. The zero-order chi connectivity index (χ0) is 12.1. The van der Waals surface area contributed by atoms with E-state index in [9.17, 15) is 4.79 Å². The number of aldehydes is 1. The van der Waals surface area contributed by atoms with Crippen molar-refractivity contribution in [3.63, 3.8) is 0 Å². The molecular weight excluding hydrogens is 216 g/mol. The molecule has 90 valence electrons. The molecule has 1 aromatic carbocycles. The van der Waals surface area contributed by atoms with Gasteiger partial charge in [0, 0.05) is 0 Å². The van der Waals surface area contributed by atoms with Crippen LogP contribution >= 0.6 is 0 Å². The highest BCUT2D eigenvalue weighted by Gasteiger charge is 2.37. The first-order chi connectivity index (χ1) is 8.27. The molecule has 0 aliphatic carbocycles. The third-order valence-electron chi connectivity index (χ3n) is 3.03. The zero-order valence-electron chi connectivity index (χ0n) is 9.84. The molecule has 0 spiro atoms. The normalized spacial score (nSPS) is 20.5. The highest BCUT2D eigenvalue weighted by atomic mass is 16.7. The molecule has 0 amide bonds. The predicted octanol–water partition coefficient (Wildman–Crippen LogP) is 2.07. The van der Waals surface area contributed by atoms with Crippen LogP contribution in [-0.4, -0.2) is 25.8 Å². The summed E-state index contributed by atoms with van der Waals surface area (Å²) in [5.41, 5.74) is 0.642. The van der Waals surface area contributed by atoms with Crippen molar-refractivity contribution in [2.75, 3.05) is 13.2 Å². The van der Waals surface area contributed by atoms with Crippen LogP contribution in [0.15, 0.2) is 42.5 Å². The molecule has 1 heterocycles. The quantitative estimate of drug-likeness (QED) is 0.589. The third kappa shape index (κ3) is 2.46. The first kappa shape index (κ1) is 12.0. The highest BCUT2D eigenvalue weighted by molar-refractivity contribution is 5.65. The third-order valence-corrected chi connectivity index (χ3v) is 3.03. The summed E-state index contributed by atoms with van der Waals surface area (Å²) >= 11 is 0. The first-order valence-corrected chi connectivity index (χ1v) is 5.69. The molecule has 17 heavy (non-hydrogen) atoms. The summed E-state index contributed by atoms with van der Waals surface area (Å²) in [5, 5.41) is 0. The Morgan fingerprint density at radius 3 is 2.47 bits per heavy atom. The minimum atomic E-state index is -0.432. The molecule has 1 saturated heterocycles. The Morgan fingerprint density at radius 2 is 1.88 bits per heavy atom. The van der Waals surface area contributed by atoms with Crippen molar-refractivity contribution in [3.05, 3.63) is 48.0 Å². The minimum Gasteiger partial charge on any atom is -0.349 e. The average molecular weight is 232 g/mol. The lowest BCUT2D eigenvalue weighted by Crippen LogP contribution is -2.35. The van der Waals surface area contributed by atoms with Gasteiger partial charge in [0.2, 0.25) is 0 Å². The van der Waals surface area contributed by atoms with Gasteiger partial charge in [-0.3, -0.25) is 4.79 Å². The van der Waals surface area contributed by atoms with Gasteiger partial charge in [-0.1, -0.05) is 36.4 Å². The van der Waals surface area contributed by atoms with Crippen LogP contribution in [0.5, 0.6) is 0 Å². The zero-order valence-corrected chi connectivity index (χ0v) is 9.84. The van der Waals surface area contributed by atoms with Gasteiger partial charge in [-0.2, -0.15) is 0 Å². The van der Waals surface area contributed by atoms with Gasteiger partial charge in [0.05, 0.1) is 18.6 Å². The predicted molar refractivity (Wildman–Crippen MR) is 64.7 cm³/mol. The van der Waals surface area contributed by atoms with E-state index >= 15 is 0 Å². The summed E-state index contributed by atoms with van der Waals surface area (Å²) in [7, 11) is 0. The van der Waals surface area contributed by atoms with Gasteiger partial charge < -0.3 is 9.47 Å². The Labute approximate surface area is 101 Å². The molecule has 2 rings (SSSR count). The Morgan fingerprint density at radius 1 is 1.24 bits per heavy atom. The summed E-state index contributed by atoms with van der Waals surface area (Å²) in [6.45, 7) is 3.21. The van der Waals surface area contributed by atoms with Crippen molar-refractivity contribution in [2.24, 2.45) is 0 Å². The number of rotatable bonds is 4.